The van der Waals surface area contributed by atoms with Crippen LogP contribution in [0, 0.1) is 5.92 Å². The van der Waals surface area contributed by atoms with Crippen LogP contribution in [0.15, 0.2) is 11.1 Å². The summed E-state index contributed by atoms with van der Waals surface area (Å²) < 4.78 is 0. The SMILES string of the molecule is NCC1CC=C(Cl)C1. The maximum Gasteiger partial charge on any atom is 0.0144 e. The van der Waals surface area contributed by atoms with Gasteiger partial charge in [0.25, 0.3) is 0 Å². The van der Waals surface area contributed by atoms with Gasteiger partial charge in [0.1, 0.15) is 0 Å². The molecule has 1 atom stereocenters. The van der Waals surface area contributed by atoms with Crippen molar-refractivity contribution in [2.45, 2.75) is 12.8 Å². The first-order valence-corrected chi connectivity index (χ1v) is 3.25. The molecule has 1 aliphatic carbocycles. The highest BCUT2D eigenvalue weighted by Gasteiger charge is 2.12. The van der Waals surface area contributed by atoms with Crippen LogP contribution in [0.3, 0.4) is 0 Å². The van der Waals surface area contributed by atoms with Crippen LogP contribution >= 0.6 is 11.6 Å². The molecule has 0 radical (unpaired) electrons. The van der Waals surface area contributed by atoms with Gasteiger partial charge in [-0.2, -0.15) is 0 Å². The third kappa shape index (κ3) is 1.23. The second-order valence-corrected chi connectivity index (χ2v) is 2.68. The van der Waals surface area contributed by atoms with Gasteiger partial charge in [0.15, 0.2) is 0 Å². The third-order valence-electron chi connectivity index (χ3n) is 1.49. The highest BCUT2D eigenvalue weighted by atomic mass is 35.5. The molecule has 0 heterocycles. The number of allylic oxidation sites excluding steroid dienone is 2. The summed E-state index contributed by atoms with van der Waals surface area (Å²) in [6.07, 6.45) is 4.13. The molecular formula is C6H10ClN. The quantitative estimate of drug-likeness (QED) is 0.573. The summed E-state index contributed by atoms with van der Waals surface area (Å²) in [6.45, 7) is 0.771. The van der Waals surface area contributed by atoms with Gasteiger partial charge < -0.3 is 5.73 Å². The van der Waals surface area contributed by atoms with Crippen molar-refractivity contribution in [1.29, 1.82) is 0 Å². The zero-order valence-electron chi connectivity index (χ0n) is 4.73. The third-order valence-corrected chi connectivity index (χ3v) is 1.80. The molecule has 2 N–H and O–H groups in total. The highest BCUT2D eigenvalue weighted by Crippen LogP contribution is 2.25. The molecule has 1 rings (SSSR count). The van der Waals surface area contributed by atoms with Crippen LogP contribution in [0.4, 0.5) is 0 Å². The van der Waals surface area contributed by atoms with Gasteiger partial charge in [0.05, 0.1) is 0 Å². The lowest BCUT2D eigenvalue weighted by Crippen LogP contribution is -2.10. The number of rotatable bonds is 1. The van der Waals surface area contributed by atoms with Crippen LogP contribution < -0.4 is 5.73 Å². The van der Waals surface area contributed by atoms with E-state index < -0.39 is 0 Å². The Labute approximate surface area is 54.5 Å². The van der Waals surface area contributed by atoms with Crippen molar-refractivity contribution >= 4 is 11.6 Å². The number of halogens is 1. The molecule has 46 valence electrons. The van der Waals surface area contributed by atoms with Gasteiger partial charge in [-0.25, -0.2) is 0 Å². The molecule has 0 amide bonds. The minimum absolute atomic E-state index is 0.627. The van der Waals surface area contributed by atoms with E-state index in [0.717, 1.165) is 24.4 Å². The Morgan fingerprint density at radius 2 is 2.62 bits per heavy atom. The molecule has 0 aromatic carbocycles. The monoisotopic (exact) mass is 131 g/mol. The predicted molar refractivity (Wildman–Crippen MR) is 35.7 cm³/mol. The topological polar surface area (TPSA) is 26.0 Å². The molecule has 0 bridgehead atoms. The average Bonchev–Trinajstić information content (AvgIpc) is 2.14. The van der Waals surface area contributed by atoms with E-state index in [1.807, 2.05) is 0 Å². The Hall–Kier alpha value is -0.0100. The summed E-state index contributed by atoms with van der Waals surface area (Å²) in [5, 5.41) is 0.987. The van der Waals surface area contributed by atoms with E-state index in [0.29, 0.717) is 5.92 Å². The molecular weight excluding hydrogens is 122 g/mol. The molecule has 8 heavy (non-hydrogen) atoms. The minimum Gasteiger partial charge on any atom is -0.330 e. The van der Waals surface area contributed by atoms with Crippen LogP contribution in [0.25, 0.3) is 0 Å². The molecule has 0 saturated carbocycles. The van der Waals surface area contributed by atoms with E-state index >= 15 is 0 Å². The van der Waals surface area contributed by atoms with Gasteiger partial charge in [-0.3, -0.25) is 0 Å². The Kier molecular flexibility index (Phi) is 1.92. The molecule has 0 aromatic rings. The molecule has 2 heteroatoms. The summed E-state index contributed by atoms with van der Waals surface area (Å²) in [7, 11) is 0. The summed E-state index contributed by atoms with van der Waals surface area (Å²) in [5.41, 5.74) is 5.40. The zero-order valence-corrected chi connectivity index (χ0v) is 5.49. The van der Waals surface area contributed by atoms with E-state index in [4.69, 9.17) is 17.3 Å². The first-order chi connectivity index (χ1) is 3.83. The molecule has 0 aliphatic heterocycles. The summed E-state index contributed by atoms with van der Waals surface area (Å²) in [6, 6.07) is 0. The molecule has 1 unspecified atom stereocenters. The van der Waals surface area contributed by atoms with Crippen LogP contribution in [-0.4, -0.2) is 6.54 Å². The zero-order chi connectivity index (χ0) is 5.98. The van der Waals surface area contributed by atoms with E-state index in [2.05, 4.69) is 6.08 Å². The standard InChI is InChI=1S/C6H10ClN/c7-6-2-1-5(3-6)4-8/h2,5H,1,3-4,8H2. The fraction of sp³-hybridized carbons (Fsp3) is 0.667. The summed E-state index contributed by atoms with van der Waals surface area (Å²) in [4.78, 5) is 0. The first kappa shape index (κ1) is 6.12. The number of hydrogen-bond donors (Lipinski definition) is 1. The van der Waals surface area contributed by atoms with Crippen LogP contribution in [0.2, 0.25) is 0 Å². The Morgan fingerprint density at radius 1 is 1.88 bits per heavy atom. The van der Waals surface area contributed by atoms with Crippen molar-refractivity contribution in [3.8, 4) is 0 Å². The van der Waals surface area contributed by atoms with Crippen molar-refractivity contribution in [2.24, 2.45) is 11.7 Å². The van der Waals surface area contributed by atoms with Gasteiger partial charge in [-0.15, -0.1) is 0 Å². The van der Waals surface area contributed by atoms with E-state index in [-0.39, 0.29) is 0 Å². The maximum atomic E-state index is 5.69. The molecule has 0 saturated heterocycles. The van der Waals surface area contributed by atoms with Crippen molar-refractivity contribution in [1.82, 2.24) is 0 Å². The van der Waals surface area contributed by atoms with Crippen molar-refractivity contribution in [2.75, 3.05) is 6.54 Å². The van der Waals surface area contributed by atoms with E-state index in [9.17, 15) is 0 Å². The molecule has 1 nitrogen and oxygen atoms in total. The second-order valence-electron chi connectivity index (χ2n) is 2.19. The van der Waals surface area contributed by atoms with Crippen LogP contribution in [0.5, 0.6) is 0 Å². The molecule has 0 aromatic heterocycles. The van der Waals surface area contributed by atoms with Crippen molar-refractivity contribution in [3.05, 3.63) is 11.1 Å². The van der Waals surface area contributed by atoms with Gasteiger partial charge in [-0.05, 0) is 25.3 Å². The van der Waals surface area contributed by atoms with Crippen LogP contribution in [0.1, 0.15) is 12.8 Å². The minimum atomic E-state index is 0.627. The second kappa shape index (κ2) is 2.51. The van der Waals surface area contributed by atoms with Crippen LogP contribution in [-0.2, 0) is 0 Å². The van der Waals surface area contributed by atoms with E-state index in [1.54, 1.807) is 0 Å². The van der Waals surface area contributed by atoms with Crippen molar-refractivity contribution in [3.63, 3.8) is 0 Å². The molecule has 0 spiro atoms. The molecule has 1 aliphatic rings. The smallest absolute Gasteiger partial charge is 0.0144 e. The van der Waals surface area contributed by atoms with Gasteiger partial charge in [0.2, 0.25) is 0 Å². The maximum absolute atomic E-state index is 5.69. The fourth-order valence-corrected chi connectivity index (χ4v) is 1.22. The van der Waals surface area contributed by atoms with Crippen molar-refractivity contribution < 1.29 is 0 Å². The lowest BCUT2D eigenvalue weighted by atomic mass is 10.1. The normalized spacial score (nSPS) is 28.2. The fourth-order valence-electron chi connectivity index (χ4n) is 0.917. The first-order valence-electron chi connectivity index (χ1n) is 2.87. The predicted octanol–water partition coefficient (Wildman–Crippen LogP) is 1.48. The van der Waals surface area contributed by atoms with Gasteiger partial charge in [0, 0.05) is 5.03 Å². The van der Waals surface area contributed by atoms with Gasteiger partial charge >= 0.3 is 0 Å². The lowest BCUT2D eigenvalue weighted by molar-refractivity contribution is 0.581. The Balaban J connectivity index is 2.32. The Morgan fingerprint density at radius 3 is 2.88 bits per heavy atom. The largest absolute Gasteiger partial charge is 0.330 e. The molecule has 0 fully saturated rings. The Bertz CT molecular complexity index is 109. The summed E-state index contributed by atoms with van der Waals surface area (Å²) in [5.74, 6) is 0.627. The van der Waals surface area contributed by atoms with E-state index in [1.165, 1.54) is 0 Å². The highest BCUT2D eigenvalue weighted by molar-refractivity contribution is 6.29. The number of hydrogen-bond acceptors (Lipinski definition) is 1. The summed E-state index contributed by atoms with van der Waals surface area (Å²) >= 11 is 5.69. The average molecular weight is 132 g/mol. The van der Waals surface area contributed by atoms with Gasteiger partial charge in [-0.1, -0.05) is 17.7 Å². The number of nitrogens with two attached hydrogens (primary N) is 1. The lowest BCUT2D eigenvalue weighted by Gasteiger charge is -2.01.